The van der Waals surface area contributed by atoms with E-state index >= 15 is 0 Å². The van der Waals surface area contributed by atoms with E-state index in [2.05, 4.69) is 24.5 Å². The molecule has 38 heavy (non-hydrogen) atoms. The number of piperidine rings is 1. The Morgan fingerprint density at radius 3 is 2.79 bits per heavy atom. The molecule has 1 saturated heterocycles. The molecule has 1 fully saturated rings. The van der Waals surface area contributed by atoms with Gasteiger partial charge < -0.3 is 29.7 Å². The van der Waals surface area contributed by atoms with Crippen molar-refractivity contribution in [2.45, 2.75) is 51.8 Å². The Labute approximate surface area is 221 Å². The van der Waals surface area contributed by atoms with Crippen molar-refractivity contribution < 1.29 is 33.0 Å². The minimum absolute atomic E-state index is 0.0279. The van der Waals surface area contributed by atoms with Crippen molar-refractivity contribution in [3.05, 3.63) is 53.3 Å². The number of rotatable bonds is 4. The Balaban J connectivity index is 1.61. The van der Waals surface area contributed by atoms with Gasteiger partial charge in [0.2, 0.25) is 5.91 Å². The number of likely N-dealkylation sites (tertiary alicyclic amines) is 1. The molecule has 0 aliphatic carbocycles. The summed E-state index contributed by atoms with van der Waals surface area (Å²) < 4.78 is 31.6. The highest BCUT2D eigenvalue weighted by atomic mass is 19.1. The second kappa shape index (κ2) is 12.1. The van der Waals surface area contributed by atoms with E-state index in [1.807, 2.05) is 0 Å². The molecule has 4 rings (SSSR count). The van der Waals surface area contributed by atoms with E-state index in [4.69, 9.17) is 14.2 Å². The number of carbonyl (C=O) groups is 3. The number of hydrogen-bond acceptors (Lipinski definition) is 6. The normalized spacial score (nSPS) is 20.0. The summed E-state index contributed by atoms with van der Waals surface area (Å²) in [6.07, 6.45) is 1.17. The Kier molecular flexibility index (Phi) is 8.70. The molecule has 2 aromatic carbocycles. The summed E-state index contributed by atoms with van der Waals surface area (Å²) in [6.45, 7) is 4.61. The van der Waals surface area contributed by atoms with E-state index in [1.54, 1.807) is 23.1 Å². The number of amides is 3. The number of ether oxygens (including phenoxy) is 3. The standard InChI is InChI=1S/C28H34FN3O6/c1-17(2)4-7-27(34)32-9-8-23-22(15-32)31-26(33)16-37-25-12-19(5-6-24(25)36-3)28(35)30-14-18-10-20(29)13-21(11-18)38-23/h5-6,10-13,17,22-23H,4,7-9,14-16H2,1-3H3,(H,30,35)(H,31,33)/t22-,23+/m1/s1. The Hall–Kier alpha value is -3.82. The topological polar surface area (TPSA) is 106 Å². The van der Waals surface area contributed by atoms with Crippen LogP contribution in [0, 0.1) is 11.7 Å². The van der Waals surface area contributed by atoms with Gasteiger partial charge in [-0.3, -0.25) is 14.4 Å². The van der Waals surface area contributed by atoms with Gasteiger partial charge in [0, 0.05) is 44.1 Å². The van der Waals surface area contributed by atoms with Crippen LogP contribution < -0.4 is 24.8 Å². The molecule has 9 nitrogen and oxygen atoms in total. The third kappa shape index (κ3) is 6.93. The predicted molar refractivity (Wildman–Crippen MR) is 138 cm³/mol. The molecule has 0 saturated carbocycles. The van der Waals surface area contributed by atoms with E-state index in [0.29, 0.717) is 42.2 Å². The van der Waals surface area contributed by atoms with E-state index in [1.165, 1.54) is 25.3 Å². The van der Waals surface area contributed by atoms with Crippen molar-refractivity contribution in [3.63, 3.8) is 0 Å². The average Bonchev–Trinajstić information content (AvgIpc) is 2.89. The summed E-state index contributed by atoms with van der Waals surface area (Å²) in [5, 5.41) is 5.70. The smallest absolute Gasteiger partial charge is 0.258 e. The molecule has 2 atom stereocenters. The molecule has 204 valence electrons. The highest BCUT2D eigenvalue weighted by Crippen LogP contribution is 2.29. The molecule has 10 heteroatoms. The Morgan fingerprint density at radius 2 is 2.03 bits per heavy atom. The molecule has 2 aliphatic rings. The van der Waals surface area contributed by atoms with Crippen LogP contribution in [0.2, 0.25) is 0 Å². The fourth-order valence-corrected chi connectivity index (χ4v) is 4.58. The Morgan fingerprint density at radius 1 is 1.21 bits per heavy atom. The van der Waals surface area contributed by atoms with Crippen LogP contribution in [0.5, 0.6) is 17.2 Å². The van der Waals surface area contributed by atoms with Gasteiger partial charge in [0.1, 0.15) is 17.7 Å². The minimum atomic E-state index is -0.532. The molecular formula is C28H34FN3O6. The van der Waals surface area contributed by atoms with E-state index in [9.17, 15) is 18.8 Å². The highest BCUT2D eigenvalue weighted by Gasteiger charge is 2.34. The van der Waals surface area contributed by atoms with Crippen LogP contribution in [0.1, 0.15) is 49.0 Å². The zero-order valence-electron chi connectivity index (χ0n) is 21.9. The first-order valence-corrected chi connectivity index (χ1v) is 12.8. The Bertz CT molecular complexity index is 1190. The first-order chi connectivity index (χ1) is 18.2. The molecule has 4 bridgehead atoms. The third-order valence-electron chi connectivity index (χ3n) is 6.64. The van der Waals surface area contributed by atoms with Crippen molar-refractivity contribution in [2.24, 2.45) is 5.92 Å². The maximum Gasteiger partial charge on any atom is 0.258 e. The lowest BCUT2D eigenvalue weighted by Gasteiger charge is -2.39. The number of carbonyl (C=O) groups excluding carboxylic acids is 3. The van der Waals surface area contributed by atoms with Crippen LogP contribution in [0.4, 0.5) is 4.39 Å². The van der Waals surface area contributed by atoms with Crippen molar-refractivity contribution in [1.29, 1.82) is 0 Å². The summed E-state index contributed by atoms with van der Waals surface area (Å²) in [5.74, 6) is -0.00676. The first-order valence-electron chi connectivity index (χ1n) is 12.8. The second-order valence-corrected chi connectivity index (χ2v) is 10.0. The van der Waals surface area contributed by atoms with Crippen molar-refractivity contribution >= 4 is 17.7 Å². The number of benzene rings is 2. The zero-order valence-corrected chi connectivity index (χ0v) is 21.9. The van der Waals surface area contributed by atoms with E-state index < -0.39 is 29.8 Å². The van der Waals surface area contributed by atoms with Gasteiger partial charge in [-0.25, -0.2) is 4.39 Å². The van der Waals surface area contributed by atoms with Gasteiger partial charge >= 0.3 is 0 Å². The SMILES string of the molecule is COc1ccc2cc1OCC(=O)N[C@@H]1CN(C(=O)CCC(C)C)CC[C@@H]1Oc1cc(F)cc(c1)CNC2=O. The van der Waals surface area contributed by atoms with Gasteiger partial charge in [-0.15, -0.1) is 0 Å². The van der Waals surface area contributed by atoms with Crippen molar-refractivity contribution in [2.75, 3.05) is 26.8 Å². The lowest BCUT2D eigenvalue weighted by molar-refractivity contribution is -0.135. The second-order valence-electron chi connectivity index (χ2n) is 10.0. The quantitative estimate of drug-likeness (QED) is 0.633. The summed E-state index contributed by atoms with van der Waals surface area (Å²) in [7, 11) is 1.46. The summed E-state index contributed by atoms with van der Waals surface area (Å²) in [6, 6.07) is 8.37. The maximum atomic E-state index is 14.5. The predicted octanol–water partition coefficient (Wildman–Crippen LogP) is 3.06. The molecule has 0 unspecified atom stereocenters. The number of nitrogens with one attached hydrogen (secondary N) is 2. The van der Waals surface area contributed by atoms with Gasteiger partial charge in [-0.1, -0.05) is 13.8 Å². The van der Waals surface area contributed by atoms with Gasteiger partial charge in [-0.05, 0) is 48.2 Å². The van der Waals surface area contributed by atoms with Gasteiger partial charge in [0.05, 0.1) is 13.2 Å². The molecule has 0 radical (unpaired) electrons. The number of halogens is 1. The summed E-state index contributed by atoms with van der Waals surface area (Å²) in [5.41, 5.74) is 0.816. The molecule has 2 N–H and O–H groups in total. The van der Waals surface area contributed by atoms with E-state index in [-0.39, 0.29) is 37.1 Å². The van der Waals surface area contributed by atoms with Crippen LogP contribution in [0.15, 0.2) is 36.4 Å². The van der Waals surface area contributed by atoms with Crippen molar-refractivity contribution in [3.8, 4) is 17.2 Å². The molecular weight excluding hydrogens is 493 g/mol. The number of nitrogens with zero attached hydrogens (tertiary/aromatic N) is 1. The minimum Gasteiger partial charge on any atom is -0.493 e. The first kappa shape index (κ1) is 27.2. The van der Waals surface area contributed by atoms with Crippen LogP contribution in [-0.4, -0.2) is 61.6 Å². The maximum absolute atomic E-state index is 14.5. The fraction of sp³-hybridized carbons (Fsp3) is 0.464. The molecule has 3 amide bonds. The average molecular weight is 528 g/mol. The lowest BCUT2D eigenvalue weighted by Crippen LogP contribution is -2.58. The zero-order chi connectivity index (χ0) is 27.2. The number of hydrogen-bond donors (Lipinski definition) is 2. The van der Waals surface area contributed by atoms with Gasteiger partial charge in [0.15, 0.2) is 18.1 Å². The molecule has 2 aromatic rings. The van der Waals surface area contributed by atoms with E-state index in [0.717, 1.165) is 6.42 Å². The molecule has 0 aromatic heterocycles. The molecule has 2 heterocycles. The van der Waals surface area contributed by atoms with Crippen LogP contribution in [-0.2, 0) is 16.1 Å². The molecule has 2 aliphatic heterocycles. The third-order valence-corrected chi connectivity index (χ3v) is 6.64. The van der Waals surface area contributed by atoms with Crippen LogP contribution in [0.25, 0.3) is 0 Å². The van der Waals surface area contributed by atoms with Gasteiger partial charge in [0.25, 0.3) is 11.8 Å². The largest absolute Gasteiger partial charge is 0.493 e. The van der Waals surface area contributed by atoms with Crippen LogP contribution >= 0.6 is 0 Å². The van der Waals surface area contributed by atoms with Gasteiger partial charge in [-0.2, -0.15) is 0 Å². The molecule has 0 spiro atoms. The summed E-state index contributed by atoms with van der Waals surface area (Å²) >= 11 is 0. The number of methoxy groups -OCH3 is 1. The number of fused-ring (bicyclic) bond motifs is 5. The lowest BCUT2D eigenvalue weighted by atomic mass is 10.00. The van der Waals surface area contributed by atoms with Crippen molar-refractivity contribution in [1.82, 2.24) is 15.5 Å². The highest BCUT2D eigenvalue weighted by molar-refractivity contribution is 5.95. The monoisotopic (exact) mass is 527 g/mol. The summed E-state index contributed by atoms with van der Waals surface area (Å²) in [4.78, 5) is 40.2. The fourth-order valence-electron chi connectivity index (χ4n) is 4.58. The van der Waals surface area contributed by atoms with Crippen LogP contribution in [0.3, 0.4) is 0 Å².